The van der Waals surface area contributed by atoms with Gasteiger partial charge in [-0.3, -0.25) is 4.90 Å². The second-order valence-corrected chi connectivity index (χ2v) is 7.39. The fraction of sp³-hybridized carbons (Fsp3) is 1.00. The van der Waals surface area contributed by atoms with E-state index in [-0.39, 0.29) is 0 Å². The molecule has 106 valence electrons. The molecular formula is C16H32N2. The van der Waals surface area contributed by atoms with E-state index in [1.54, 1.807) is 0 Å². The first kappa shape index (κ1) is 14.3. The Hall–Kier alpha value is -0.0800. The van der Waals surface area contributed by atoms with Crippen molar-refractivity contribution in [2.45, 2.75) is 77.9 Å². The molecule has 1 heterocycles. The van der Waals surface area contributed by atoms with E-state index in [1.165, 1.54) is 32.2 Å². The molecule has 0 amide bonds. The summed E-state index contributed by atoms with van der Waals surface area (Å²) in [6.45, 7) is 14.4. The Morgan fingerprint density at radius 3 is 2.28 bits per heavy atom. The Balaban J connectivity index is 2.05. The summed E-state index contributed by atoms with van der Waals surface area (Å²) in [5.41, 5.74) is 0.330. The highest BCUT2D eigenvalue weighted by Crippen LogP contribution is 2.34. The van der Waals surface area contributed by atoms with Crippen LogP contribution in [0.5, 0.6) is 0 Å². The largest absolute Gasteiger partial charge is 0.309 e. The Morgan fingerprint density at radius 2 is 1.72 bits per heavy atom. The molecule has 1 N–H and O–H groups in total. The van der Waals surface area contributed by atoms with E-state index in [0.29, 0.717) is 11.6 Å². The Morgan fingerprint density at radius 1 is 1.11 bits per heavy atom. The summed E-state index contributed by atoms with van der Waals surface area (Å²) >= 11 is 0. The number of nitrogens with one attached hydrogen (secondary N) is 1. The lowest BCUT2D eigenvalue weighted by molar-refractivity contribution is 0.0198. The molecule has 1 saturated heterocycles. The van der Waals surface area contributed by atoms with Gasteiger partial charge in [0.2, 0.25) is 0 Å². The highest BCUT2D eigenvalue weighted by atomic mass is 15.3. The maximum absolute atomic E-state index is 3.74. The van der Waals surface area contributed by atoms with E-state index >= 15 is 0 Å². The molecule has 0 aromatic carbocycles. The third kappa shape index (κ3) is 3.08. The zero-order valence-electron chi connectivity index (χ0n) is 13.0. The van der Waals surface area contributed by atoms with Gasteiger partial charge in [-0.25, -0.2) is 0 Å². The number of piperazine rings is 1. The average molecular weight is 252 g/mol. The van der Waals surface area contributed by atoms with Crippen molar-refractivity contribution in [1.82, 2.24) is 10.2 Å². The molecule has 2 rings (SSSR count). The lowest BCUT2D eigenvalue weighted by atomic mass is 9.78. The van der Waals surface area contributed by atoms with Gasteiger partial charge in [-0.2, -0.15) is 0 Å². The van der Waals surface area contributed by atoms with E-state index in [1.807, 2.05) is 0 Å². The van der Waals surface area contributed by atoms with Gasteiger partial charge in [0.25, 0.3) is 0 Å². The summed E-state index contributed by atoms with van der Waals surface area (Å²) in [7, 11) is 0. The predicted molar refractivity (Wildman–Crippen MR) is 78.8 cm³/mol. The Kier molecular flexibility index (Phi) is 4.38. The van der Waals surface area contributed by atoms with Crippen LogP contribution in [0.3, 0.4) is 0 Å². The fourth-order valence-electron chi connectivity index (χ4n) is 4.03. The van der Waals surface area contributed by atoms with E-state index in [4.69, 9.17) is 0 Å². The first-order valence-electron chi connectivity index (χ1n) is 7.94. The Labute approximate surface area is 114 Å². The third-order valence-corrected chi connectivity index (χ3v) is 5.32. The molecular weight excluding hydrogens is 220 g/mol. The van der Waals surface area contributed by atoms with Gasteiger partial charge in [0.05, 0.1) is 0 Å². The molecule has 4 unspecified atom stereocenters. The number of hydrogen-bond donors (Lipinski definition) is 1. The van der Waals surface area contributed by atoms with Gasteiger partial charge in [-0.05, 0) is 51.4 Å². The van der Waals surface area contributed by atoms with Crippen LogP contribution in [0, 0.1) is 11.8 Å². The standard InChI is InChI=1S/C16H32N2/c1-6-16(5)11-18(14(4)10-17-16)15-8-12(2)7-13(3)9-15/h12-15,17H,6-11H2,1-5H3. The summed E-state index contributed by atoms with van der Waals surface area (Å²) in [5.74, 6) is 1.82. The second-order valence-electron chi connectivity index (χ2n) is 7.39. The van der Waals surface area contributed by atoms with Gasteiger partial charge in [0.1, 0.15) is 0 Å². The van der Waals surface area contributed by atoms with Gasteiger partial charge < -0.3 is 5.32 Å². The molecule has 1 aliphatic heterocycles. The lowest BCUT2D eigenvalue weighted by Crippen LogP contribution is -2.64. The number of hydrogen-bond acceptors (Lipinski definition) is 2. The molecule has 4 atom stereocenters. The molecule has 18 heavy (non-hydrogen) atoms. The minimum atomic E-state index is 0.330. The maximum atomic E-state index is 3.74. The van der Waals surface area contributed by atoms with Crippen molar-refractivity contribution in [3.63, 3.8) is 0 Å². The molecule has 2 aliphatic rings. The van der Waals surface area contributed by atoms with Crippen LogP contribution in [0.25, 0.3) is 0 Å². The van der Waals surface area contributed by atoms with Crippen LogP contribution in [0.2, 0.25) is 0 Å². The lowest BCUT2D eigenvalue weighted by Gasteiger charge is -2.50. The van der Waals surface area contributed by atoms with Crippen molar-refractivity contribution in [2.75, 3.05) is 13.1 Å². The second kappa shape index (κ2) is 5.50. The zero-order chi connectivity index (χ0) is 13.3. The molecule has 0 bridgehead atoms. The predicted octanol–water partition coefficient (Wildman–Crippen LogP) is 3.27. The summed E-state index contributed by atoms with van der Waals surface area (Å²) in [4.78, 5) is 2.81. The molecule has 1 aliphatic carbocycles. The van der Waals surface area contributed by atoms with Gasteiger partial charge >= 0.3 is 0 Å². The van der Waals surface area contributed by atoms with Crippen molar-refractivity contribution >= 4 is 0 Å². The topological polar surface area (TPSA) is 15.3 Å². The average Bonchev–Trinajstić information content (AvgIpc) is 2.31. The van der Waals surface area contributed by atoms with E-state index in [2.05, 4.69) is 44.8 Å². The van der Waals surface area contributed by atoms with Crippen molar-refractivity contribution < 1.29 is 0 Å². The molecule has 2 nitrogen and oxygen atoms in total. The minimum absolute atomic E-state index is 0.330. The molecule has 2 fully saturated rings. The molecule has 0 aromatic heterocycles. The van der Waals surface area contributed by atoms with Crippen LogP contribution < -0.4 is 5.32 Å². The van der Waals surface area contributed by atoms with Crippen LogP contribution in [-0.4, -0.2) is 35.6 Å². The Bertz CT molecular complexity index is 268. The number of nitrogens with zero attached hydrogens (tertiary/aromatic N) is 1. The summed E-state index contributed by atoms with van der Waals surface area (Å²) in [6, 6.07) is 1.53. The normalized spacial score (nSPS) is 47.2. The van der Waals surface area contributed by atoms with Crippen molar-refractivity contribution in [3.05, 3.63) is 0 Å². The van der Waals surface area contributed by atoms with E-state index in [0.717, 1.165) is 24.4 Å². The number of rotatable bonds is 2. The van der Waals surface area contributed by atoms with Crippen LogP contribution >= 0.6 is 0 Å². The van der Waals surface area contributed by atoms with Crippen LogP contribution in [0.4, 0.5) is 0 Å². The minimum Gasteiger partial charge on any atom is -0.309 e. The smallest absolute Gasteiger partial charge is 0.0278 e. The highest BCUT2D eigenvalue weighted by molar-refractivity contribution is 4.96. The van der Waals surface area contributed by atoms with Gasteiger partial charge in [-0.1, -0.05) is 20.8 Å². The maximum Gasteiger partial charge on any atom is 0.0278 e. The van der Waals surface area contributed by atoms with E-state index < -0.39 is 0 Å². The van der Waals surface area contributed by atoms with Crippen molar-refractivity contribution in [1.29, 1.82) is 0 Å². The van der Waals surface area contributed by atoms with Gasteiger partial charge in [0.15, 0.2) is 0 Å². The molecule has 0 spiro atoms. The van der Waals surface area contributed by atoms with Gasteiger partial charge in [0, 0.05) is 30.7 Å². The quantitative estimate of drug-likeness (QED) is 0.811. The first-order chi connectivity index (χ1) is 8.43. The molecule has 2 heteroatoms. The summed E-state index contributed by atoms with van der Waals surface area (Å²) < 4.78 is 0. The monoisotopic (exact) mass is 252 g/mol. The van der Waals surface area contributed by atoms with Crippen molar-refractivity contribution in [3.8, 4) is 0 Å². The highest BCUT2D eigenvalue weighted by Gasteiger charge is 2.38. The molecule has 1 saturated carbocycles. The summed E-state index contributed by atoms with van der Waals surface area (Å²) in [6.07, 6.45) is 5.49. The SMILES string of the molecule is CCC1(C)CN(C2CC(C)CC(C)C2)C(C)CN1. The van der Waals surface area contributed by atoms with Crippen molar-refractivity contribution in [2.24, 2.45) is 11.8 Å². The molecule has 0 aromatic rings. The first-order valence-corrected chi connectivity index (χ1v) is 7.94. The van der Waals surface area contributed by atoms with Crippen LogP contribution in [-0.2, 0) is 0 Å². The van der Waals surface area contributed by atoms with Crippen LogP contribution in [0.15, 0.2) is 0 Å². The van der Waals surface area contributed by atoms with Crippen LogP contribution in [0.1, 0.15) is 60.3 Å². The van der Waals surface area contributed by atoms with Gasteiger partial charge in [-0.15, -0.1) is 0 Å². The third-order valence-electron chi connectivity index (χ3n) is 5.32. The summed E-state index contributed by atoms with van der Waals surface area (Å²) in [5, 5.41) is 3.74. The molecule has 0 radical (unpaired) electrons. The fourth-order valence-corrected chi connectivity index (χ4v) is 4.03. The van der Waals surface area contributed by atoms with E-state index in [9.17, 15) is 0 Å². The zero-order valence-corrected chi connectivity index (χ0v) is 13.0.